The van der Waals surface area contributed by atoms with E-state index in [0.29, 0.717) is 13.0 Å². The number of aryl methyl sites for hydroxylation is 1. The van der Waals surface area contributed by atoms with Crippen molar-refractivity contribution < 1.29 is 9.53 Å². The van der Waals surface area contributed by atoms with Crippen molar-refractivity contribution in [2.45, 2.75) is 20.0 Å². The van der Waals surface area contributed by atoms with Gasteiger partial charge in [0.1, 0.15) is 6.61 Å². The molecule has 1 aromatic carbocycles. The number of esters is 1. The fourth-order valence-electron chi connectivity index (χ4n) is 1.54. The molecule has 0 aliphatic carbocycles. The summed E-state index contributed by atoms with van der Waals surface area (Å²) in [5.41, 5.74) is 2.17. The lowest BCUT2D eigenvalue weighted by molar-refractivity contribution is -0.144. The van der Waals surface area contributed by atoms with E-state index < -0.39 is 0 Å². The number of rotatable bonds is 4. The van der Waals surface area contributed by atoms with Crippen LogP contribution < -0.4 is 0 Å². The number of thiophene rings is 1. The predicted octanol–water partition coefficient (Wildman–Crippen LogP) is 4.10. The van der Waals surface area contributed by atoms with E-state index in [9.17, 15) is 4.79 Å². The van der Waals surface area contributed by atoms with Crippen LogP contribution in [0.2, 0.25) is 0 Å². The highest BCUT2D eigenvalue weighted by Crippen LogP contribution is 2.27. The molecule has 0 saturated heterocycles. The summed E-state index contributed by atoms with van der Waals surface area (Å²) in [4.78, 5) is 12.7. The molecule has 18 heavy (non-hydrogen) atoms. The van der Waals surface area contributed by atoms with Crippen LogP contribution >= 0.6 is 27.3 Å². The zero-order valence-corrected chi connectivity index (χ0v) is 12.4. The minimum Gasteiger partial charge on any atom is -0.461 e. The first-order valence-corrected chi connectivity index (χ1v) is 7.20. The van der Waals surface area contributed by atoms with Gasteiger partial charge in [-0.05, 0) is 40.0 Å². The molecule has 0 aliphatic heterocycles. The third-order valence-corrected chi connectivity index (χ3v) is 4.61. The Bertz CT molecular complexity index is 514. The zero-order valence-electron chi connectivity index (χ0n) is 9.98. The van der Waals surface area contributed by atoms with Crippen LogP contribution in [0.4, 0.5) is 0 Å². The van der Waals surface area contributed by atoms with Crippen LogP contribution in [0.5, 0.6) is 0 Å². The molecule has 2 aromatic rings. The van der Waals surface area contributed by atoms with Gasteiger partial charge in [-0.25, -0.2) is 0 Å². The second-order valence-corrected chi connectivity index (χ2v) is 6.45. The van der Waals surface area contributed by atoms with E-state index in [-0.39, 0.29) is 5.97 Å². The highest BCUT2D eigenvalue weighted by molar-refractivity contribution is 9.11. The largest absolute Gasteiger partial charge is 0.461 e. The average molecular weight is 325 g/mol. The van der Waals surface area contributed by atoms with Gasteiger partial charge in [0.15, 0.2) is 0 Å². The maximum Gasteiger partial charge on any atom is 0.311 e. The molecule has 2 rings (SSSR count). The fourth-order valence-corrected chi connectivity index (χ4v) is 3.16. The van der Waals surface area contributed by atoms with Crippen LogP contribution in [0, 0.1) is 6.92 Å². The molecule has 1 aromatic heterocycles. The maximum atomic E-state index is 11.7. The van der Waals surface area contributed by atoms with Gasteiger partial charge in [-0.1, -0.05) is 30.3 Å². The zero-order chi connectivity index (χ0) is 13.0. The number of hydrogen-bond donors (Lipinski definition) is 0. The fraction of sp³-hybridized carbons (Fsp3) is 0.214. The average Bonchev–Trinajstić information content (AvgIpc) is 2.67. The van der Waals surface area contributed by atoms with Gasteiger partial charge in [-0.2, -0.15) is 0 Å². The Morgan fingerprint density at radius 2 is 2.06 bits per heavy atom. The van der Waals surface area contributed by atoms with Crippen molar-refractivity contribution >= 4 is 33.2 Å². The first kappa shape index (κ1) is 13.3. The molecule has 0 fully saturated rings. The molecule has 0 bridgehead atoms. The van der Waals surface area contributed by atoms with Crippen molar-refractivity contribution in [3.05, 3.63) is 56.2 Å². The van der Waals surface area contributed by atoms with Gasteiger partial charge in [0.25, 0.3) is 0 Å². The summed E-state index contributed by atoms with van der Waals surface area (Å²) in [6.07, 6.45) is 0.337. The molecule has 0 saturated carbocycles. The van der Waals surface area contributed by atoms with Crippen LogP contribution in [-0.2, 0) is 22.6 Å². The van der Waals surface area contributed by atoms with Gasteiger partial charge in [0.05, 0.1) is 10.2 Å². The monoisotopic (exact) mass is 324 g/mol. The molecule has 4 heteroatoms. The second-order valence-electron chi connectivity index (χ2n) is 3.99. The molecule has 0 N–H and O–H groups in total. The van der Waals surface area contributed by atoms with Crippen molar-refractivity contribution in [1.29, 1.82) is 0 Å². The Hall–Kier alpha value is -1.13. The van der Waals surface area contributed by atoms with Crippen LogP contribution in [0.15, 0.2) is 40.2 Å². The number of hydrogen-bond acceptors (Lipinski definition) is 3. The van der Waals surface area contributed by atoms with Crippen molar-refractivity contribution in [2.24, 2.45) is 0 Å². The standard InChI is InChI=1S/C14H13BrO2S/c1-10-7-12(18-14(10)15)8-13(16)17-9-11-5-3-2-4-6-11/h2-7H,8-9H2,1H3. The molecular weight excluding hydrogens is 312 g/mol. The lowest BCUT2D eigenvalue weighted by Gasteiger charge is -2.03. The molecule has 0 atom stereocenters. The number of carbonyl (C=O) groups is 1. The van der Waals surface area contributed by atoms with Gasteiger partial charge in [-0.15, -0.1) is 11.3 Å². The van der Waals surface area contributed by atoms with E-state index >= 15 is 0 Å². The van der Waals surface area contributed by atoms with Crippen molar-refractivity contribution in [3.63, 3.8) is 0 Å². The second kappa shape index (κ2) is 6.16. The van der Waals surface area contributed by atoms with E-state index in [1.807, 2.05) is 43.3 Å². The van der Waals surface area contributed by atoms with Crippen molar-refractivity contribution in [2.75, 3.05) is 0 Å². The Morgan fingerprint density at radius 1 is 1.33 bits per heavy atom. The topological polar surface area (TPSA) is 26.3 Å². The molecule has 0 radical (unpaired) electrons. The molecular formula is C14H13BrO2S. The van der Waals surface area contributed by atoms with Gasteiger partial charge < -0.3 is 4.74 Å². The van der Waals surface area contributed by atoms with Gasteiger partial charge in [0.2, 0.25) is 0 Å². The molecule has 0 aliphatic rings. The summed E-state index contributed by atoms with van der Waals surface area (Å²) >= 11 is 5.03. The van der Waals surface area contributed by atoms with Gasteiger partial charge >= 0.3 is 5.97 Å². The minimum atomic E-state index is -0.187. The smallest absolute Gasteiger partial charge is 0.311 e. The Morgan fingerprint density at radius 3 is 2.67 bits per heavy atom. The summed E-state index contributed by atoms with van der Waals surface area (Å²) in [6, 6.07) is 11.7. The lowest BCUT2D eigenvalue weighted by Crippen LogP contribution is -2.06. The highest BCUT2D eigenvalue weighted by atomic mass is 79.9. The molecule has 0 spiro atoms. The quantitative estimate of drug-likeness (QED) is 0.791. The van der Waals surface area contributed by atoms with E-state index in [1.165, 1.54) is 0 Å². The lowest BCUT2D eigenvalue weighted by atomic mass is 10.2. The summed E-state index contributed by atoms with van der Waals surface area (Å²) < 4.78 is 6.31. The molecule has 0 unspecified atom stereocenters. The van der Waals surface area contributed by atoms with Gasteiger partial charge in [-0.3, -0.25) is 4.79 Å². The van der Waals surface area contributed by atoms with Crippen LogP contribution in [0.25, 0.3) is 0 Å². The first-order chi connectivity index (χ1) is 8.65. The summed E-state index contributed by atoms with van der Waals surface area (Å²) in [7, 11) is 0. The summed E-state index contributed by atoms with van der Waals surface area (Å²) in [6.45, 7) is 2.35. The predicted molar refractivity (Wildman–Crippen MR) is 76.7 cm³/mol. The highest BCUT2D eigenvalue weighted by Gasteiger charge is 2.09. The Balaban J connectivity index is 1.86. The van der Waals surface area contributed by atoms with E-state index in [4.69, 9.17) is 4.74 Å². The molecule has 0 amide bonds. The van der Waals surface area contributed by atoms with E-state index in [1.54, 1.807) is 11.3 Å². The maximum absolute atomic E-state index is 11.7. The number of carbonyl (C=O) groups excluding carboxylic acids is 1. The summed E-state index contributed by atoms with van der Waals surface area (Å²) in [5, 5.41) is 0. The molecule has 2 nitrogen and oxygen atoms in total. The third kappa shape index (κ3) is 3.68. The number of ether oxygens (including phenoxy) is 1. The normalized spacial score (nSPS) is 10.3. The first-order valence-electron chi connectivity index (χ1n) is 5.59. The Labute approximate surface area is 119 Å². The molecule has 94 valence electrons. The molecule has 1 heterocycles. The van der Waals surface area contributed by atoms with Gasteiger partial charge in [0, 0.05) is 4.88 Å². The number of benzene rings is 1. The van der Waals surface area contributed by atoms with Crippen molar-refractivity contribution in [1.82, 2.24) is 0 Å². The third-order valence-electron chi connectivity index (χ3n) is 2.47. The Kier molecular flexibility index (Phi) is 4.55. The van der Waals surface area contributed by atoms with Crippen LogP contribution in [-0.4, -0.2) is 5.97 Å². The van der Waals surface area contributed by atoms with Crippen LogP contribution in [0.1, 0.15) is 16.0 Å². The number of halogens is 1. The van der Waals surface area contributed by atoms with Crippen molar-refractivity contribution in [3.8, 4) is 0 Å². The van der Waals surface area contributed by atoms with E-state index in [0.717, 1.165) is 19.8 Å². The van der Waals surface area contributed by atoms with E-state index in [2.05, 4.69) is 15.9 Å². The SMILES string of the molecule is Cc1cc(CC(=O)OCc2ccccc2)sc1Br. The van der Waals surface area contributed by atoms with Crippen LogP contribution in [0.3, 0.4) is 0 Å². The summed E-state index contributed by atoms with van der Waals surface area (Å²) in [5.74, 6) is -0.187. The minimum absolute atomic E-state index is 0.187.